The number of imide groups is 1. The number of aromatic carboxylic acids is 1. The van der Waals surface area contributed by atoms with Gasteiger partial charge in [-0.2, -0.15) is 0 Å². The maximum atomic E-state index is 13.7. The molecule has 11 heteroatoms. The minimum absolute atomic E-state index is 0.000220. The number of carboxylic acids is 1. The first-order valence-corrected chi connectivity index (χ1v) is 12.8. The van der Waals surface area contributed by atoms with Gasteiger partial charge in [0, 0.05) is 17.1 Å². The lowest BCUT2D eigenvalue weighted by atomic mass is 9.91. The number of nitrogens with one attached hydrogen (secondary N) is 1. The molecular weight excluding hydrogens is 512 g/mol. The van der Waals surface area contributed by atoms with E-state index in [0.29, 0.717) is 29.6 Å². The smallest absolute Gasteiger partial charge is 0.337 e. The number of benzene rings is 2. The van der Waals surface area contributed by atoms with Crippen molar-refractivity contribution in [3.8, 4) is 5.75 Å². The number of carboxylic acid groups (broad SMARTS) is 1. The Morgan fingerprint density at radius 3 is 2.66 bits per heavy atom. The lowest BCUT2D eigenvalue weighted by Crippen LogP contribution is -2.45. The van der Waals surface area contributed by atoms with E-state index in [4.69, 9.17) is 26.9 Å². The molecule has 0 radical (unpaired) electrons. The summed E-state index contributed by atoms with van der Waals surface area (Å²) < 4.78 is 5.44. The summed E-state index contributed by atoms with van der Waals surface area (Å²) in [7, 11) is 1.54. The average Bonchev–Trinajstić information content (AvgIpc) is 3.04. The van der Waals surface area contributed by atoms with E-state index in [1.54, 1.807) is 44.4 Å². The van der Waals surface area contributed by atoms with Crippen LogP contribution in [0, 0.1) is 5.92 Å². The molecule has 2 amide bonds. The summed E-state index contributed by atoms with van der Waals surface area (Å²) in [5.74, 6) is -1.78. The SMILES string of the molecule is CCONC1=NC[C@@H](Cc2cc(Cl)ccc2OC)C(=O)N(C(=O)C[C@H](CC)c2ccc(C(=O)O)c(N)c2)C1. The number of nitrogen functional groups attached to an aromatic ring is 1. The number of anilines is 1. The molecule has 1 aliphatic rings. The third-order valence-corrected chi connectivity index (χ3v) is 6.70. The van der Waals surface area contributed by atoms with E-state index in [0.717, 1.165) is 11.1 Å². The molecule has 204 valence electrons. The number of amides is 2. The first-order chi connectivity index (χ1) is 18.2. The van der Waals surface area contributed by atoms with E-state index in [9.17, 15) is 19.5 Å². The van der Waals surface area contributed by atoms with Crippen LogP contribution in [-0.2, 0) is 20.8 Å². The molecule has 0 aromatic heterocycles. The molecule has 38 heavy (non-hydrogen) atoms. The molecule has 0 aliphatic carbocycles. The highest BCUT2D eigenvalue weighted by molar-refractivity contribution is 6.30. The van der Waals surface area contributed by atoms with Gasteiger partial charge in [-0.1, -0.05) is 24.6 Å². The highest BCUT2D eigenvalue weighted by Gasteiger charge is 2.34. The fraction of sp³-hybridized carbons (Fsp3) is 0.407. The van der Waals surface area contributed by atoms with Gasteiger partial charge < -0.3 is 15.6 Å². The lowest BCUT2D eigenvalue weighted by molar-refractivity contribution is -0.146. The molecule has 0 spiro atoms. The standard InChI is InChI=1S/C27H33ClN4O6/c1-4-16(17-6-8-21(27(35)36)22(29)12-17)13-25(33)32-15-24(31-38-5-2)30-14-19(26(32)34)10-18-11-20(28)7-9-23(18)37-3/h6-9,11-12,16,19H,4-5,10,13-15,29H2,1-3H3,(H,30,31)(H,35,36)/t16-,19+/m0/s1. The van der Waals surface area contributed by atoms with Gasteiger partial charge >= 0.3 is 5.97 Å². The number of nitrogens with zero attached hydrogens (tertiary/aromatic N) is 2. The van der Waals surface area contributed by atoms with Gasteiger partial charge in [-0.3, -0.25) is 29.8 Å². The van der Waals surface area contributed by atoms with Crippen LogP contribution in [0.15, 0.2) is 41.4 Å². The van der Waals surface area contributed by atoms with Crippen LogP contribution in [-0.4, -0.2) is 60.4 Å². The van der Waals surface area contributed by atoms with E-state index >= 15 is 0 Å². The van der Waals surface area contributed by atoms with Gasteiger partial charge in [0.1, 0.15) is 11.6 Å². The van der Waals surface area contributed by atoms with Crippen LogP contribution >= 0.6 is 11.6 Å². The molecule has 0 fully saturated rings. The second-order valence-corrected chi connectivity index (χ2v) is 9.40. The van der Waals surface area contributed by atoms with E-state index in [1.165, 1.54) is 11.0 Å². The first kappa shape index (κ1) is 28.9. The second kappa shape index (κ2) is 13.3. The molecule has 0 saturated heterocycles. The molecule has 0 bridgehead atoms. The van der Waals surface area contributed by atoms with Crippen molar-refractivity contribution < 1.29 is 29.1 Å². The predicted molar refractivity (Wildman–Crippen MR) is 144 cm³/mol. The van der Waals surface area contributed by atoms with Crippen LogP contribution in [0.5, 0.6) is 5.75 Å². The number of amidine groups is 1. The molecule has 0 saturated carbocycles. The van der Waals surface area contributed by atoms with Crippen LogP contribution in [0.2, 0.25) is 5.02 Å². The van der Waals surface area contributed by atoms with E-state index in [2.05, 4.69) is 10.5 Å². The maximum Gasteiger partial charge on any atom is 0.337 e. The van der Waals surface area contributed by atoms with E-state index in [-0.39, 0.29) is 54.9 Å². The highest BCUT2D eigenvalue weighted by atomic mass is 35.5. The molecule has 1 heterocycles. The summed E-state index contributed by atoms with van der Waals surface area (Å²) in [5, 5.41) is 9.78. The van der Waals surface area contributed by atoms with Crippen molar-refractivity contribution in [3.63, 3.8) is 0 Å². The Morgan fingerprint density at radius 1 is 1.26 bits per heavy atom. The van der Waals surface area contributed by atoms with E-state index < -0.39 is 11.9 Å². The van der Waals surface area contributed by atoms with Crippen LogP contribution in [0.25, 0.3) is 0 Å². The second-order valence-electron chi connectivity index (χ2n) is 8.96. The molecule has 10 nitrogen and oxygen atoms in total. The highest BCUT2D eigenvalue weighted by Crippen LogP contribution is 2.30. The quantitative estimate of drug-likeness (QED) is 0.303. The average molecular weight is 545 g/mol. The fourth-order valence-corrected chi connectivity index (χ4v) is 4.60. The number of hydrogen-bond donors (Lipinski definition) is 3. The Bertz CT molecular complexity index is 1220. The van der Waals surface area contributed by atoms with Crippen molar-refractivity contribution >= 4 is 40.9 Å². The van der Waals surface area contributed by atoms with Gasteiger partial charge in [-0.05, 0) is 67.1 Å². The Hall–Kier alpha value is -3.63. The van der Waals surface area contributed by atoms with Crippen LogP contribution in [0.1, 0.15) is 54.1 Å². The summed E-state index contributed by atoms with van der Waals surface area (Å²) in [4.78, 5) is 49.6. The largest absolute Gasteiger partial charge is 0.496 e. The lowest BCUT2D eigenvalue weighted by Gasteiger charge is -2.25. The minimum Gasteiger partial charge on any atom is -0.496 e. The molecule has 3 rings (SSSR count). The number of rotatable bonds is 10. The molecule has 1 aliphatic heterocycles. The minimum atomic E-state index is -1.12. The van der Waals surface area contributed by atoms with Crippen LogP contribution in [0.3, 0.4) is 0 Å². The summed E-state index contributed by atoms with van der Waals surface area (Å²) in [6.07, 6.45) is 0.895. The van der Waals surface area contributed by atoms with Crippen molar-refractivity contribution in [1.29, 1.82) is 0 Å². The molecule has 2 atom stereocenters. The van der Waals surface area contributed by atoms with Crippen LogP contribution in [0.4, 0.5) is 5.69 Å². The van der Waals surface area contributed by atoms with Gasteiger partial charge in [0.15, 0.2) is 0 Å². The monoisotopic (exact) mass is 544 g/mol. The summed E-state index contributed by atoms with van der Waals surface area (Å²) >= 11 is 6.19. The molecular formula is C27H33ClN4O6. The van der Waals surface area contributed by atoms with Gasteiger partial charge in [-0.25, -0.2) is 4.79 Å². The van der Waals surface area contributed by atoms with Crippen molar-refractivity contribution in [2.45, 2.75) is 39.0 Å². The van der Waals surface area contributed by atoms with Gasteiger partial charge in [-0.15, -0.1) is 0 Å². The number of carbonyl (C=O) groups is 3. The fourth-order valence-electron chi connectivity index (χ4n) is 4.40. The summed E-state index contributed by atoms with van der Waals surface area (Å²) in [6, 6.07) is 9.85. The Labute approximate surface area is 226 Å². The zero-order valence-corrected chi connectivity index (χ0v) is 22.5. The zero-order valence-electron chi connectivity index (χ0n) is 21.7. The van der Waals surface area contributed by atoms with Crippen molar-refractivity contribution in [3.05, 3.63) is 58.1 Å². The third kappa shape index (κ3) is 7.02. The van der Waals surface area contributed by atoms with Crippen molar-refractivity contribution in [1.82, 2.24) is 10.4 Å². The van der Waals surface area contributed by atoms with E-state index in [1.807, 2.05) is 6.92 Å². The number of ether oxygens (including phenoxy) is 1. The van der Waals surface area contributed by atoms with Crippen molar-refractivity contribution in [2.24, 2.45) is 10.9 Å². The molecule has 2 aromatic rings. The number of carbonyl (C=O) groups excluding carboxylic acids is 2. The Morgan fingerprint density at radius 2 is 2.03 bits per heavy atom. The zero-order chi connectivity index (χ0) is 27.8. The first-order valence-electron chi connectivity index (χ1n) is 12.4. The van der Waals surface area contributed by atoms with Gasteiger partial charge in [0.05, 0.1) is 38.3 Å². The summed E-state index contributed by atoms with van der Waals surface area (Å²) in [6.45, 7) is 4.19. The number of halogens is 1. The normalized spacial score (nSPS) is 16.4. The number of nitrogens with two attached hydrogens (primary N) is 1. The van der Waals surface area contributed by atoms with Gasteiger partial charge in [0.2, 0.25) is 11.8 Å². The third-order valence-electron chi connectivity index (χ3n) is 6.46. The van der Waals surface area contributed by atoms with Crippen molar-refractivity contribution in [2.75, 3.05) is 32.5 Å². The Kier molecular flexibility index (Phi) is 10.1. The molecule has 0 unspecified atom stereocenters. The number of hydroxylamine groups is 1. The molecule has 2 aromatic carbocycles. The number of methoxy groups -OCH3 is 1. The van der Waals surface area contributed by atoms with Crippen LogP contribution < -0.4 is 16.0 Å². The molecule has 4 N–H and O–H groups in total. The Balaban J connectivity index is 1.87. The van der Waals surface area contributed by atoms with Gasteiger partial charge in [0.25, 0.3) is 0 Å². The number of hydrogen-bond acceptors (Lipinski definition) is 8. The maximum absolute atomic E-state index is 13.7. The predicted octanol–water partition coefficient (Wildman–Crippen LogP) is 3.68. The summed E-state index contributed by atoms with van der Waals surface area (Å²) in [5.41, 5.74) is 10.3. The number of aliphatic imine (C=N–C) groups is 1. The topological polar surface area (TPSA) is 144 Å².